The van der Waals surface area contributed by atoms with Crippen molar-refractivity contribution in [2.75, 3.05) is 6.61 Å². The maximum atomic E-state index is 13.3. The molecule has 0 saturated carbocycles. The predicted octanol–water partition coefficient (Wildman–Crippen LogP) is 3.98. The second-order valence-corrected chi connectivity index (χ2v) is 4.44. The summed E-state index contributed by atoms with van der Waals surface area (Å²) in [7, 11) is 0. The summed E-state index contributed by atoms with van der Waals surface area (Å²) < 4.78 is 69.8. The van der Waals surface area contributed by atoms with Crippen LogP contribution in [0.2, 0.25) is 0 Å². The van der Waals surface area contributed by atoms with Crippen LogP contribution in [-0.4, -0.2) is 12.6 Å². The van der Waals surface area contributed by atoms with Crippen molar-refractivity contribution in [1.82, 2.24) is 0 Å². The van der Waals surface area contributed by atoms with Crippen LogP contribution in [0.4, 0.5) is 22.0 Å². The first-order valence-electron chi connectivity index (χ1n) is 5.99. The highest BCUT2D eigenvalue weighted by molar-refractivity contribution is 5.90. The Labute approximate surface area is 112 Å². The molecule has 112 valence electrons. The second kappa shape index (κ2) is 6.67. The fraction of sp³-hybridized carbons (Fsp3) is 0.462. The van der Waals surface area contributed by atoms with E-state index in [9.17, 15) is 26.7 Å². The molecule has 1 rings (SSSR count). The van der Waals surface area contributed by atoms with Crippen LogP contribution in [0.1, 0.15) is 37.0 Å². The van der Waals surface area contributed by atoms with Crippen LogP contribution >= 0.6 is 0 Å². The SMILES string of the molecule is CCCC(C)COC(=O)c1c(F)c(F)c(F)c(F)c1F. The lowest BCUT2D eigenvalue weighted by Gasteiger charge is -2.12. The summed E-state index contributed by atoms with van der Waals surface area (Å²) in [5.41, 5.74) is -1.56. The van der Waals surface area contributed by atoms with Crippen LogP contribution in [0, 0.1) is 35.0 Å². The summed E-state index contributed by atoms with van der Waals surface area (Å²) in [5.74, 6) is -12.7. The van der Waals surface area contributed by atoms with Gasteiger partial charge in [-0.2, -0.15) is 0 Å². The smallest absolute Gasteiger partial charge is 0.344 e. The number of hydrogen-bond acceptors (Lipinski definition) is 2. The van der Waals surface area contributed by atoms with E-state index in [0.717, 1.165) is 6.42 Å². The summed E-state index contributed by atoms with van der Waals surface area (Å²) in [4.78, 5) is 11.5. The van der Waals surface area contributed by atoms with E-state index < -0.39 is 40.6 Å². The Morgan fingerprint density at radius 1 is 1.00 bits per heavy atom. The van der Waals surface area contributed by atoms with Gasteiger partial charge in [0.2, 0.25) is 5.82 Å². The van der Waals surface area contributed by atoms with Crippen LogP contribution < -0.4 is 0 Å². The molecular weight excluding hydrogens is 283 g/mol. The number of rotatable bonds is 5. The molecule has 0 aliphatic rings. The Morgan fingerprint density at radius 3 is 1.90 bits per heavy atom. The zero-order valence-electron chi connectivity index (χ0n) is 10.9. The predicted molar refractivity (Wildman–Crippen MR) is 60.6 cm³/mol. The van der Waals surface area contributed by atoms with Crippen molar-refractivity contribution < 1.29 is 31.5 Å². The van der Waals surface area contributed by atoms with Gasteiger partial charge in [0.15, 0.2) is 23.3 Å². The zero-order valence-corrected chi connectivity index (χ0v) is 10.9. The molecule has 0 bridgehead atoms. The van der Waals surface area contributed by atoms with Crippen molar-refractivity contribution in [2.24, 2.45) is 5.92 Å². The van der Waals surface area contributed by atoms with Gasteiger partial charge in [0, 0.05) is 0 Å². The average molecular weight is 296 g/mol. The molecule has 7 heteroatoms. The quantitative estimate of drug-likeness (QED) is 0.355. The van der Waals surface area contributed by atoms with Crippen molar-refractivity contribution in [2.45, 2.75) is 26.7 Å². The molecule has 1 unspecified atom stereocenters. The van der Waals surface area contributed by atoms with Gasteiger partial charge in [-0.3, -0.25) is 0 Å². The Balaban J connectivity index is 3.00. The topological polar surface area (TPSA) is 26.3 Å². The highest BCUT2D eigenvalue weighted by Gasteiger charge is 2.30. The molecule has 0 radical (unpaired) electrons. The lowest BCUT2D eigenvalue weighted by Crippen LogP contribution is -2.18. The van der Waals surface area contributed by atoms with Gasteiger partial charge in [-0.15, -0.1) is 0 Å². The first-order valence-corrected chi connectivity index (χ1v) is 5.99. The Kier molecular flexibility index (Phi) is 5.47. The molecule has 20 heavy (non-hydrogen) atoms. The molecule has 0 amide bonds. The van der Waals surface area contributed by atoms with Crippen molar-refractivity contribution in [3.63, 3.8) is 0 Å². The minimum Gasteiger partial charge on any atom is -0.462 e. The summed E-state index contributed by atoms with van der Waals surface area (Å²) >= 11 is 0. The third-order valence-corrected chi connectivity index (χ3v) is 2.69. The molecule has 0 aliphatic carbocycles. The molecule has 0 aliphatic heterocycles. The third kappa shape index (κ3) is 3.26. The van der Waals surface area contributed by atoms with E-state index in [0.29, 0.717) is 6.42 Å². The molecule has 2 nitrogen and oxygen atoms in total. The van der Waals surface area contributed by atoms with E-state index in [-0.39, 0.29) is 12.5 Å². The maximum absolute atomic E-state index is 13.3. The highest BCUT2D eigenvalue weighted by Crippen LogP contribution is 2.23. The molecule has 0 saturated heterocycles. The van der Waals surface area contributed by atoms with Crippen molar-refractivity contribution in [3.05, 3.63) is 34.6 Å². The van der Waals surface area contributed by atoms with E-state index in [1.54, 1.807) is 6.92 Å². The molecule has 1 atom stereocenters. The Bertz CT molecular complexity index is 487. The first kappa shape index (κ1) is 16.4. The average Bonchev–Trinajstić information content (AvgIpc) is 2.41. The van der Waals surface area contributed by atoms with Crippen LogP contribution in [0.25, 0.3) is 0 Å². The van der Waals surface area contributed by atoms with Crippen LogP contribution in [-0.2, 0) is 4.74 Å². The van der Waals surface area contributed by atoms with Crippen molar-refractivity contribution >= 4 is 5.97 Å². The van der Waals surface area contributed by atoms with E-state index in [2.05, 4.69) is 4.74 Å². The van der Waals surface area contributed by atoms with E-state index in [1.807, 2.05) is 6.92 Å². The number of benzene rings is 1. The van der Waals surface area contributed by atoms with Gasteiger partial charge >= 0.3 is 5.97 Å². The number of halogens is 5. The van der Waals surface area contributed by atoms with Gasteiger partial charge < -0.3 is 4.74 Å². The van der Waals surface area contributed by atoms with Gasteiger partial charge in [-0.05, 0) is 12.3 Å². The Morgan fingerprint density at radius 2 is 1.45 bits per heavy atom. The van der Waals surface area contributed by atoms with E-state index >= 15 is 0 Å². The number of esters is 1. The summed E-state index contributed by atoms with van der Waals surface area (Å²) in [6, 6.07) is 0. The maximum Gasteiger partial charge on any atom is 0.344 e. The second-order valence-electron chi connectivity index (χ2n) is 4.44. The fourth-order valence-corrected chi connectivity index (χ4v) is 1.65. The van der Waals surface area contributed by atoms with Crippen molar-refractivity contribution in [1.29, 1.82) is 0 Å². The Hall–Kier alpha value is -1.66. The van der Waals surface area contributed by atoms with Crippen LogP contribution in [0.3, 0.4) is 0 Å². The molecule has 0 fully saturated rings. The largest absolute Gasteiger partial charge is 0.462 e. The number of carbonyl (C=O) groups is 1. The van der Waals surface area contributed by atoms with Gasteiger partial charge in [0.25, 0.3) is 0 Å². The highest BCUT2D eigenvalue weighted by atomic mass is 19.2. The van der Waals surface area contributed by atoms with Gasteiger partial charge in [0.1, 0.15) is 5.56 Å². The zero-order chi connectivity index (χ0) is 15.4. The van der Waals surface area contributed by atoms with Gasteiger partial charge in [-0.1, -0.05) is 20.3 Å². The summed E-state index contributed by atoms with van der Waals surface area (Å²) in [5, 5.41) is 0. The van der Waals surface area contributed by atoms with Crippen molar-refractivity contribution in [3.8, 4) is 0 Å². The molecule has 1 aromatic rings. The first-order chi connectivity index (χ1) is 9.31. The minimum absolute atomic E-state index is 0.0785. The number of ether oxygens (including phenoxy) is 1. The normalized spacial score (nSPS) is 12.3. The summed E-state index contributed by atoms with van der Waals surface area (Å²) in [6.45, 7) is 3.46. The lowest BCUT2D eigenvalue weighted by molar-refractivity contribution is 0.0429. The standard InChI is InChI=1S/C13H13F5O2/c1-3-4-6(2)5-20-13(19)7-8(14)10(16)12(18)11(17)9(7)15/h6H,3-5H2,1-2H3. The van der Waals surface area contributed by atoms with Crippen LogP contribution in [0.15, 0.2) is 0 Å². The fourth-order valence-electron chi connectivity index (χ4n) is 1.65. The molecule has 0 N–H and O–H groups in total. The molecule has 0 heterocycles. The molecule has 0 aromatic heterocycles. The van der Waals surface area contributed by atoms with Gasteiger partial charge in [-0.25, -0.2) is 26.7 Å². The third-order valence-electron chi connectivity index (χ3n) is 2.69. The summed E-state index contributed by atoms with van der Waals surface area (Å²) in [6.07, 6.45) is 1.51. The van der Waals surface area contributed by atoms with E-state index in [4.69, 9.17) is 0 Å². The molecular formula is C13H13F5O2. The van der Waals surface area contributed by atoms with Gasteiger partial charge in [0.05, 0.1) is 6.61 Å². The minimum atomic E-state index is -2.31. The molecule has 1 aromatic carbocycles. The van der Waals surface area contributed by atoms with E-state index in [1.165, 1.54) is 0 Å². The lowest BCUT2D eigenvalue weighted by atomic mass is 10.1. The molecule has 0 spiro atoms. The number of carbonyl (C=O) groups excluding carboxylic acids is 1. The monoisotopic (exact) mass is 296 g/mol. The number of hydrogen-bond donors (Lipinski definition) is 0. The van der Waals surface area contributed by atoms with Crippen LogP contribution in [0.5, 0.6) is 0 Å².